The number of ether oxygens (including phenoxy) is 2. The highest BCUT2D eigenvalue weighted by Crippen LogP contribution is 2.31. The van der Waals surface area contributed by atoms with Crippen LogP contribution in [0.4, 0.5) is 5.69 Å². The zero-order chi connectivity index (χ0) is 18.4. The number of carbonyl (C=O) groups is 1. The van der Waals surface area contributed by atoms with Crippen LogP contribution in [0.2, 0.25) is 0 Å². The number of rotatable bonds is 8. The summed E-state index contributed by atoms with van der Waals surface area (Å²) in [4.78, 5) is 11.5. The monoisotopic (exact) mass is 363 g/mol. The number of ketones is 1. The van der Waals surface area contributed by atoms with E-state index in [0.29, 0.717) is 36.0 Å². The molecule has 0 saturated carbocycles. The molecule has 6 nitrogen and oxygen atoms in total. The summed E-state index contributed by atoms with van der Waals surface area (Å²) < 4.78 is 38.6. The number of hydrogen-bond donors (Lipinski definition) is 1. The summed E-state index contributed by atoms with van der Waals surface area (Å²) in [7, 11) is -3.82. The lowest BCUT2D eigenvalue weighted by Gasteiger charge is -2.14. The van der Waals surface area contributed by atoms with Gasteiger partial charge in [-0.3, -0.25) is 9.52 Å². The van der Waals surface area contributed by atoms with Gasteiger partial charge in [-0.15, -0.1) is 0 Å². The van der Waals surface area contributed by atoms with E-state index in [1.54, 1.807) is 24.3 Å². The maximum atomic E-state index is 12.6. The summed E-state index contributed by atoms with van der Waals surface area (Å²) in [5.41, 5.74) is 0.685. The molecular formula is C18H21NO5S. The number of hydrogen-bond acceptors (Lipinski definition) is 5. The first kappa shape index (κ1) is 18.8. The quantitative estimate of drug-likeness (QED) is 0.726. The molecule has 0 saturated heterocycles. The van der Waals surface area contributed by atoms with Crippen molar-refractivity contribution in [2.75, 3.05) is 17.9 Å². The van der Waals surface area contributed by atoms with Gasteiger partial charge in [0.15, 0.2) is 17.3 Å². The molecule has 2 rings (SSSR count). The van der Waals surface area contributed by atoms with Gasteiger partial charge in [-0.2, -0.15) is 0 Å². The molecule has 0 bridgehead atoms. The van der Waals surface area contributed by atoms with E-state index in [2.05, 4.69) is 4.72 Å². The first-order valence-corrected chi connectivity index (χ1v) is 9.39. The van der Waals surface area contributed by atoms with Crippen molar-refractivity contribution in [1.82, 2.24) is 0 Å². The van der Waals surface area contributed by atoms with Gasteiger partial charge < -0.3 is 9.47 Å². The van der Waals surface area contributed by atoms with Crippen molar-refractivity contribution in [1.29, 1.82) is 0 Å². The molecule has 0 aliphatic heterocycles. The Kier molecular flexibility index (Phi) is 6.03. The third kappa shape index (κ3) is 4.73. The fourth-order valence-electron chi connectivity index (χ4n) is 2.21. The fraction of sp³-hybridized carbons (Fsp3) is 0.278. The largest absolute Gasteiger partial charge is 0.490 e. The van der Waals surface area contributed by atoms with Gasteiger partial charge in [0.25, 0.3) is 10.0 Å². The fourth-order valence-corrected chi connectivity index (χ4v) is 3.31. The van der Waals surface area contributed by atoms with E-state index in [-0.39, 0.29) is 10.7 Å². The SMILES string of the molecule is CCOc1ccc(NS(=O)(=O)c2cccc(C(C)=O)c2)cc1OCC. The van der Waals surface area contributed by atoms with Crippen LogP contribution in [0.1, 0.15) is 31.1 Å². The van der Waals surface area contributed by atoms with E-state index in [9.17, 15) is 13.2 Å². The first-order valence-electron chi connectivity index (χ1n) is 7.90. The Morgan fingerprint density at radius 1 is 1.00 bits per heavy atom. The standard InChI is InChI=1S/C18H21NO5S/c1-4-23-17-10-9-15(12-18(17)24-5-2)19-25(21,22)16-8-6-7-14(11-16)13(3)20/h6-12,19H,4-5H2,1-3H3. The number of Topliss-reactive ketones (excluding diaryl/α,β-unsaturated/α-hetero) is 1. The topological polar surface area (TPSA) is 81.7 Å². The van der Waals surface area contributed by atoms with Crippen LogP contribution in [0.5, 0.6) is 11.5 Å². The van der Waals surface area contributed by atoms with E-state index in [1.807, 2.05) is 13.8 Å². The average Bonchev–Trinajstić information content (AvgIpc) is 2.57. The normalized spacial score (nSPS) is 11.0. The zero-order valence-electron chi connectivity index (χ0n) is 14.4. The molecule has 0 aliphatic rings. The third-order valence-electron chi connectivity index (χ3n) is 3.35. The number of nitrogens with one attached hydrogen (secondary N) is 1. The second-order valence-corrected chi connectivity index (χ2v) is 6.90. The highest BCUT2D eigenvalue weighted by atomic mass is 32.2. The molecule has 0 fully saturated rings. The molecule has 7 heteroatoms. The smallest absolute Gasteiger partial charge is 0.261 e. The zero-order valence-corrected chi connectivity index (χ0v) is 15.2. The molecular weight excluding hydrogens is 342 g/mol. The Bertz CT molecular complexity index is 862. The van der Waals surface area contributed by atoms with E-state index >= 15 is 0 Å². The maximum Gasteiger partial charge on any atom is 0.261 e. The van der Waals surface area contributed by atoms with Crippen LogP contribution in [0.25, 0.3) is 0 Å². The van der Waals surface area contributed by atoms with Crippen LogP contribution in [0, 0.1) is 0 Å². The minimum atomic E-state index is -3.82. The van der Waals surface area contributed by atoms with E-state index in [0.717, 1.165) is 0 Å². The number of anilines is 1. The Morgan fingerprint density at radius 3 is 2.32 bits per heavy atom. The van der Waals surface area contributed by atoms with Gasteiger partial charge in [0, 0.05) is 11.6 Å². The van der Waals surface area contributed by atoms with Gasteiger partial charge in [-0.25, -0.2) is 8.42 Å². The van der Waals surface area contributed by atoms with Crippen LogP contribution >= 0.6 is 0 Å². The molecule has 0 aromatic heterocycles. The third-order valence-corrected chi connectivity index (χ3v) is 4.73. The number of sulfonamides is 1. The van der Waals surface area contributed by atoms with Crippen LogP contribution in [-0.4, -0.2) is 27.4 Å². The lowest BCUT2D eigenvalue weighted by Crippen LogP contribution is -2.13. The molecule has 25 heavy (non-hydrogen) atoms. The minimum Gasteiger partial charge on any atom is -0.490 e. The number of carbonyl (C=O) groups excluding carboxylic acids is 1. The highest BCUT2D eigenvalue weighted by molar-refractivity contribution is 7.92. The van der Waals surface area contributed by atoms with Crippen molar-refractivity contribution in [2.45, 2.75) is 25.7 Å². The molecule has 134 valence electrons. The van der Waals surface area contributed by atoms with Gasteiger partial charge >= 0.3 is 0 Å². The summed E-state index contributed by atoms with van der Waals surface area (Å²) in [5, 5.41) is 0. The highest BCUT2D eigenvalue weighted by Gasteiger charge is 2.17. The van der Waals surface area contributed by atoms with Crippen molar-refractivity contribution in [3.05, 3.63) is 48.0 Å². The summed E-state index contributed by atoms with van der Waals surface area (Å²) >= 11 is 0. The van der Waals surface area contributed by atoms with Crippen molar-refractivity contribution in [3.8, 4) is 11.5 Å². The molecule has 0 spiro atoms. The summed E-state index contributed by atoms with van der Waals surface area (Å²) in [6.07, 6.45) is 0. The van der Waals surface area contributed by atoms with Crippen LogP contribution in [0.15, 0.2) is 47.4 Å². The summed E-state index contributed by atoms with van der Waals surface area (Å²) in [6.45, 7) is 5.98. The van der Waals surface area contributed by atoms with Gasteiger partial charge in [0.2, 0.25) is 0 Å². The Balaban J connectivity index is 2.32. The second-order valence-electron chi connectivity index (χ2n) is 5.22. The lowest BCUT2D eigenvalue weighted by atomic mass is 10.2. The van der Waals surface area contributed by atoms with Gasteiger partial charge in [-0.1, -0.05) is 12.1 Å². The predicted molar refractivity (Wildman–Crippen MR) is 96.0 cm³/mol. The molecule has 0 amide bonds. The van der Waals surface area contributed by atoms with Crippen molar-refractivity contribution in [3.63, 3.8) is 0 Å². The van der Waals surface area contributed by atoms with E-state index in [4.69, 9.17) is 9.47 Å². The molecule has 0 atom stereocenters. The molecule has 0 heterocycles. The Labute approximate surface area is 147 Å². The molecule has 0 aliphatic carbocycles. The Morgan fingerprint density at radius 2 is 1.68 bits per heavy atom. The average molecular weight is 363 g/mol. The van der Waals surface area contributed by atoms with Gasteiger partial charge in [-0.05, 0) is 45.0 Å². The van der Waals surface area contributed by atoms with Gasteiger partial charge in [0.1, 0.15) is 0 Å². The molecule has 2 aromatic carbocycles. The maximum absolute atomic E-state index is 12.6. The van der Waals surface area contributed by atoms with Crippen LogP contribution < -0.4 is 14.2 Å². The molecule has 1 N–H and O–H groups in total. The number of benzene rings is 2. The second kappa shape index (κ2) is 8.02. The van der Waals surface area contributed by atoms with Crippen molar-refractivity contribution in [2.24, 2.45) is 0 Å². The molecule has 0 radical (unpaired) electrons. The summed E-state index contributed by atoms with van der Waals surface area (Å²) in [6, 6.07) is 10.7. The van der Waals surface area contributed by atoms with Crippen molar-refractivity contribution < 1.29 is 22.7 Å². The van der Waals surface area contributed by atoms with Gasteiger partial charge in [0.05, 0.1) is 23.8 Å². The van der Waals surface area contributed by atoms with Crippen LogP contribution in [0.3, 0.4) is 0 Å². The molecule has 2 aromatic rings. The lowest BCUT2D eigenvalue weighted by molar-refractivity contribution is 0.101. The molecule has 0 unspecified atom stereocenters. The Hall–Kier alpha value is -2.54. The minimum absolute atomic E-state index is 0.0204. The van der Waals surface area contributed by atoms with E-state index < -0.39 is 10.0 Å². The van der Waals surface area contributed by atoms with Crippen molar-refractivity contribution >= 4 is 21.5 Å². The summed E-state index contributed by atoms with van der Waals surface area (Å²) in [5.74, 6) is 0.810. The predicted octanol–water partition coefficient (Wildman–Crippen LogP) is 3.49. The van der Waals surface area contributed by atoms with E-state index in [1.165, 1.54) is 25.1 Å². The van der Waals surface area contributed by atoms with Crippen LogP contribution in [-0.2, 0) is 10.0 Å². The first-order chi connectivity index (χ1) is 11.9.